The summed E-state index contributed by atoms with van der Waals surface area (Å²) in [5.41, 5.74) is 1.98. The van der Waals surface area contributed by atoms with E-state index in [1.54, 1.807) is 31.2 Å². The molecule has 1 aliphatic carbocycles. The molecule has 1 aromatic heterocycles. The van der Waals surface area contributed by atoms with Crippen LogP contribution in [0.1, 0.15) is 49.3 Å². The molecule has 0 amide bonds. The minimum Gasteiger partial charge on any atom is -0.493 e. The lowest BCUT2D eigenvalue weighted by Gasteiger charge is -2.25. The van der Waals surface area contributed by atoms with Crippen LogP contribution in [0.15, 0.2) is 79.8 Å². The predicted molar refractivity (Wildman–Crippen MR) is 125 cm³/mol. The zero-order valence-corrected chi connectivity index (χ0v) is 18.3. The van der Waals surface area contributed by atoms with Crippen molar-refractivity contribution in [2.24, 2.45) is 20.5 Å². The largest absolute Gasteiger partial charge is 0.493 e. The number of aromatic hydroxyl groups is 1. The predicted octanol–water partition coefficient (Wildman–Crippen LogP) is 7.07. The first-order valence-corrected chi connectivity index (χ1v) is 10.9. The van der Waals surface area contributed by atoms with E-state index in [0.717, 1.165) is 37.8 Å². The third-order valence-electron chi connectivity index (χ3n) is 5.81. The smallest absolute Gasteiger partial charge is 0.281 e. The lowest BCUT2D eigenvalue weighted by Crippen LogP contribution is -2.27. The molecule has 33 heavy (non-hydrogen) atoms. The molecule has 0 saturated heterocycles. The summed E-state index contributed by atoms with van der Waals surface area (Å²) in [7, 11) is 0. The van der Waals surface area contributed by atoms with Gasteiger partial charge in [-0.15, -0.1) is 5.11 Å². The third-order valence-corrected chi connectivity index (χ3v) is 5.81. The Morgan fingerprint density at radius 1 is 0.879 bits per heavy atom. The summed E-state index contributed by atoms with van der Waals surface area (Å²) < 4.78 is 1.33. The number of nitriles is 1. The molecule has 1 fully saturated rings. The van der Waals surface area contributed by atoms with E-state index in [0.29, 0.717) is 16.9 Å². The average Bonchev–Trinajstić information content (AvgIpc) is 2.85. The Labute approximate surface area is 191 Å². The van der Waals surface area contributed by atoms with E-state index in [1.165, 1.54) is 4.57 Å². The maximum atomic E-state index is 13.2. The van der Waals surface area contributed by atoms with E-state index in [-0.39, 0.29) is 23.2 Å². The maximum Gasteiger partial charge on any atom is 0.281 e. The van der Waals surface area contributed by atoms with Gasteiger partial charge in [0.05, 0.1) is 17.1 Å². The molecule has 0 aliphatic heterocycles. The van der Waals surface area contributed by atoms with E-state index in [2.05, 4.69) is 20.5 Å². The van der Waals surface area contributed by atoms with Gasteiger partial charge in [-0.05, 0) is 56.2 Å². The van der Waals surface area contributed by atoms with Crippen LogP contribution < -0.4 is 5.56 Å². The lowest BCUT2D eigenvalue weighted by atomic mass is 9.94. The van der Waals surface area contributed by atoms with E-state index in [9.17, 15) is 15.2 Å². The summed E-state index contributed by atoms with van der Waals surface area (Å²) >= 11 is 0. The fourth-order valence-corrected chi connectivity index (χ4v) is 4.01. The van der Waals surface area contributed by atoms with Gasteiger partial charge in [-0.2, -0.15) is 20.6 Å². The Bertz CT molecular complexity index is 1280. The van der Waals surface area contributed by atoms with Crippen LogP contribution in [0.25, 0.3) is 0 Å². The van der Waals surface area contributed by atoms with Crippen LogP contribution in [0.4, 0.5) is 22.7 Å². The molecular formula is C25H24N6O2. The summed E-state index contributed by atoms with van der Waals surface area (Å²) in [6.07, 6.45) is 4.65. The van der Waals surface area contributed by atoms with Crippen molar-refractivity contribution in [2.75, 3.05) is 0 Å². The van der Waals surface area contributed by atoms with Crippen LogP contribution >= 0.6 is 0 Å². The highest BCUT2D eigenvalue weighted by Crippen LogP contribution is 2.34. The molecule has 3 aromatic rings. The second-order valence-electron chi connectivity index (χ2n) is 8.00. The fourth-order valence-electron chi connectivity index (χ4n) is 4.01. The normalized spacial score (nSPS) is 14.7. The molecule has 4 rings (SSSR count). The second kappa shape index (κ2) is 10.0. The van der Waals surface area contributed by atoms with Crippen LogP contribution in [0.2, 0.25) is 0 Å². The lowest BCUT2D eigenvalue weighted by molar-refractivity contribution is 0.303. The van der Waals surface area contributed by atoms with Gasteiger partial charge in [-0.3, -0.25) is 9.36 Å². The maximum absolute atomic E-state index is 13.2. The summed E-state index contributed by atoms with van der Waals surface area (Å²) in [6.45, 7) is 1.60. The molecule has 0 spiro atoms. The topological polar surface area (TPSA) is 115 Å². The number of hydrogen-bond acceptors (Lipinski definition) is 7. The van der Waals surface area contributed by atoms with Crippen LogP contribution in [-0.2, 0) is 0 Å². The van der Waals surface area contributed by atoms with Crippen molar-refractivity contribution in [3.8, 4) is 11.9 Å². The summed E-state index contributed by atoms with van der Waals surface area (Å²) in [6, 6.07) is 18.3. The quantitative estimate of drug-likeness (QED) is 0.428. The molecule has 0 radical (unpaired) electrons. The first-order valence-electron chi connectivity index (χ1n) is 10.9. The van der Waals surface area contributed by atoms with Gasteiger partial charge in [0.2, 0.25) is 5.88 Å². The minimum atomic E-state index is -0.423. The van der Waals surface area contributed by atoms with Crippen molar-refractivity contribution in [3.05, 3.63) is 76.1 Å². The number of nitrogens with zero attached hydrogens (tertiary/aromatic N) is 6. The number of aromatic nitrogens is 1. The number of rotatable bonds is 5. The highest BCUT2D eigenvalue weighted by atomic mass is 16.3. The van der Waals surface area contributed by atoms with Crippen LogP contribution in [-0.4, -0.2) is 9.67 Å². The summed E-state index contributed by atoms with van der Waals surface area (Å²) in [4.78, 5) is 13.2. The number of hydrogen-bond donors (Lipinski definition) is 1. The van der Waals surface area contributed by atoms with Crippen LogP contribution in [0, 0.1) is 18.3 Å². The summed E-state index contributed by atoms with van der Waals surface area (Å²) in [5, 5.41) is 36.9. The molecule has 0 bridgehead atoms. The van der Waals surface area contributed by atoms with Crippen molar-refractivity contribution < 1.29 is 5.11 Å². The van der Waals surface area contributed by atoms with Crippen molar-refractivity contribution in [2.45, 2.75) is 45.1 Å². The zero-order chi connectivity index (χ0) is 23.2. The van der Waals surface area contributed by atoms with E-state index >= 15 is 0 Å². The van der Waals surface area contributed by atoms with Crippen molar-refractivity contribution in [3.63, 3.8) is 0 Å². The van der Waals surface area contributed by atoms with Gasteiger partial charge in [0.25, 0.3) is 5.56 Å². The van der Waals surface area contributed by atoms with Crippen LogP contribution in [0.5, 0.6) is 5.88 Å². The molecule has 2 aromatic carbocycles. The van der Waals surface area contributed by atoms with E-state index in [1.807, 2.05) is 36.4 Å². The van der Waals surface area contributed by atoms with Gasteiger partial charge >= 0.3 is 0 Å². The second-order valence-corrected chi connectivity index (χ2v) is 8.00. The molecule has 1 N–H and O–H groups in total. The van der Waals surface area contributed by atoms with E-state index in [4.69, 9.17) is 0 Å². The Morgan fingerprint density at radius 2 is 1.42 bits per heavy atom. The van der Waals surface area contributed by atoms with Crippen LogP contribution in [0.3, 0.4) is 0 Å². The highest BCUT2D eigenvalue weighted by Gasteiger charge is 2.25. The zero-order valence-electron chi connectivity index (χ0n) is 18.3. The number of benzene rings is 2. The molecular weight excluding hydrogens is 416 g/mol. The Morgan fingerprint density at radius 3 is 2.00 bits per heavy atom. The van der Waals surface area contributed by atoms with Crippen molar-refractivity contribution >= 4 is 22.7 Å². The van der Waals surface area contributed by atoms with Gasteiger partial charge in [0.15, 0.2) is 5.69 Å². The fraction of sp³-hybridized carbons (Fsp3) is 0.280. The van der Waals surface area contributed by atoms with Gasteiger partial charge in [0, 0.05) is 11.6 Å². The number of azo groups is 2. The molecule has 8 nitrogen and oxygen atoms in total. The standard InChI is InChI=1S/C25H24N6O2/c1-17-22(16-26)24(32)31(21-10-6-3-7-11-21)25(33)23(17)30-29-20-14-12-19(13-15-20)28-27-18-8-4-2-5-9-18/h2,4-5,8-9,12-15,21,32H,3,6-7,10-11H2,1H3. The molecule has 0 unspecified atom stereocenters. The molecule has 8 heteroatoms. The van der Waals surface area contributed by atoms with E-state index < -0.39 is 5.56 Å². The highest BCUT2D eigenvalue weighted by molar-refractivity contribution is 5.57. The van der Waals surface area contributed by atoms with Gasteiger partial charge in [-0.25, -0.2) is 0 Å². The van der Waals surface area contributed by atoms with Gasteiger partial charge in [0.1, 0.15) is 11.6 Å². The SMILES string of the molecule is Cc1c(C#N)c(O)n(C2CCCCC2)c(=O)c1N=Nc1ccc(N=Nc2ccccc2)cc1. The Balaban J connectivity index is 1.62. The Hall–Kier alpha value is -4.12. The number of pyridine rings is 1. The van der Waals surface area contributed by atoms with Crippen molar-refractivity contribution in [1.29, 1.82) is 5.26 Å². The van der Waals surface area contributed by atoms with Gasteiger partial charge in [-0.1, -0.05) is 37.5 Å². The average molecular weight is 441 g/mol. The first kappa shape index (κ1) is 22.1. The summed E-state index contributed by atoms with van der Waals surface area (Å²) in [5.74, 6) is -0.279. The molecule has 1 heterocycles. The minimum absolute atomic E-state index is 0.0609. The monoisotopic (exact) mass is 440 g/mol. The molecule has 0 atom stereocenters. The molecule has 1 saturated carbocycles. The van der Waals surface area contributed by atoms with Gasteiger partial charge < -0.3 is 5.11 Å². The molecule has 166 valence electrons. The molecule has 1 aliphatic rings. The Kier molecular flexibility index (Phi) is 6.69. The first-order chi connectivity index (χ1) is 16.1. The van der Waals surface area contributed by atoms with Crippen molar-refractivity contribution in [1.82, 2.24) is 4.57 Å². The third kappa shape index (κ3) is 4.88.